The van der Waals surface area contributed by atoms with Gasteiger partial charge in [0.1, 0.15) is 0 Å². The molecule has 0 N–H and O–H groups in total. The van der Waals surface area contributed by atoms with Crippen LogP contribution in [0.3, 0.4) is 0 Å². The molecular formula is C14H24O4. The number of hydrogen-bond acceptors (Lipinski definition) is 4. The number of ether oxygens (including phenoxy) is 2. The molecular weight excluding hydrogens is 232 g/mol. The highest BCUT2D eigenvalue weighted by Gasteiger charge is 2.07. The Labute approximate surface area is 109 Å². The number of carbonyl (C=O) groups excluding carboxylic acids is 2. The summed E-state index contributed by atoms with van der Waals surface area (Å²) in [6.07, 6.45) is 1.68. The van der Waals surface area contributed by atoms with Crippen LogP contribution in [-0.4, -0.2) is 25.2 Å². The Hall–Kier alpha value is -1.32. The van der Waals surface area contributed by atoms with Crippen LogP contribution >= 0.6 is 0 Å². The quantitative estimate of drug-likeness (QED) is 0.470. The fourth-order valence-corrected chi connectivity index (χ4v) is 1.12. The first-order valence-electron chi connectivity index (χ1n) is 6.37. The summed E-state index contributed by atoms with van der Waals surface area (Å²) in [6, 6.07) is 0. The van der Waals surface area contributed by atoms with E-state index in [4.69, 9.17) is 9.47 Å². The van der Waals surface area contributed by atoms with Crippen molar-refractivity contribution in [1.82, 2.24) is 0 Å². The molecule has 0 bridgehead atoms. The molecule has 0 amide bonds. The van der Waals surface area contributed by atoms with Crippen LogP contribution in [0.15, 0.2) is 12.2 Å². The number of carbonyl (C=O) groups is 2. The zero-order chi connectivity index (χ0) is 14.0. The van der Waals surface area contributed by atoms with Gasteiger partial charge in [0.15, 0.2) is 0 Å². The minimum atomic E-state index is -0.270. The molecule has 0 aromatic carbocycles. The summed E-state index contributed by atoms with van der Waals surface area (Å²) in [6.45, 7) is 10.4. The third-order valence-electron chi connectivity index (χ3n) is 2.13. The third-order valence-corrected chi connectivity index (χ3v) is 2.13. The van der Waals surface area contributed by atoms with Crippen molar-refractivity contribution >= 4 is 11.9 Å². The fourth-order valence-electron chi connectivity index (χ4n) is 1.12. The number of esters is 2. The average molecular weight is 256 g/mol. The maximum Gasteiger partial charge on any atom is 0.305 e. The van der Waals surface area contributed by atoms with Crippen molar-refractivity contribution in [3.63, 3.8) is 0 Å². The molecule has 0 rings (SSSR count). The second-order valence-electron chi connectivity index (χ2n) is 4.86. The Morgan fingerprint density at radius 1 is 1.06 bits per heavy atom. The van der Waals surface area contributed by atoms with E-state index in [0.29, 0.717) is 32.0 Å². The van der Waals surface area contributed by atoms with Crippen LogP contribution in [0.4, 0.5) is 0 Å². The molecule has 0 heterocycles. The molecule has 0 aliphatic rings. The van der Waals surface area contributed by atoms with E-state index in [1.807, 2.05) is 20.8 Å². The smallest absolute Gasteiger partial charge is 0.305 e. The molecule has 0 radical (unpaired) electrons. The maximum absolute atomic E-state index is 11.3. The monoisotopic (exact) mass is 256 g/mol. The van der Waals surface area contributed by atoms with E-state index in [-0.39, 0.29) is 24.8 Å². The predicted molar refractivity (Wildman–Crippen MR) is 70.0 cm³/mol. The lowest BCUT2D eigenvalue weighted by Gasteiger charge is -2.07. The normalized spacial score (nSPS) is 10.2. The average Bonchev–Trinajstić information content (AvgIpc) is 2.25. The minimum Gasteiger partial charge on any atom is -0.465 e. The van der Waals surface area contributed by atoms with E-state index in [1.54, 1.807) is 0 Å². The van der Waals surface area contributed by atoms with Crippen molar-refractivity contribution in [2.75, 3.05) is 13.2 Å². The van der Waals surface area contributed by atoms with Gasteiger partial charge in [-0.1, -0.05) is 19.4 Å². The van der Waals surface area contributed by atoms with Crippen molar-refractivity contribution in [3.8, 4) is 0 Å². The number of rotatable bonds is 9. The highest BCUT2D eigenvalue weighted by atomic mass is 16.5. The molecule has 0 atom stereocenters. The molecule has 4 heteroatoms. The topological polar surface area (TPSA) is 52.6 Å². The van der Waals surface area contributed by atoms with Gasteiger partial charge in [0.25, 0.3) is 0 Å². The van der Waals surface area contributed by atoms with Crippen LogP contribution in [0.25, 0.3) is 0 Å². The SMILES string of the molecule is C=C(C)CCOC(=O)CCCC(=O)OCC(C)C. The lowest BCUT2D eigenvalue weighted by molar-refractivity contribution is -0.146. The summed E-state index contributed by atoms with van der Waals surface area (Å²) < 4.78 is 9.98. The van der Waals surface area contributed by atoms with Crippen molar-refractivity contribution in [3.05, 3.63) is 12.2 Å². The summed E-state index contributed by atoms with van der Waals surface area (Å²) >= 11 is 0. The molecule has 0 fully saturated rings. The molecule has 0 unspecified atom stereocenters. The summed E-state index contributed by atoms with van der Waals surface area (Å²) in [7, 11) is 0. The standard InChI is InChI=1S/C14H24O4/c1-11(2)8-9-17-13(15)6-5-7-14(16)18-10-12(3)4/h12H,1,5-10H2,2-4H3. The van der Waals surface area contributed by atoms with E-state index in [9.17, 15) is 9.59 Å². The maximum atomic E-state index is 11.3. The van der Waals surface area contributed by atoms with Crippen molar-refractivity contribution in [2.24, 2.45) is 5.92 Å². The molecule has 0 aliphatic carbocycles. The van der Waals surface area contributed by atoms with E-state index >= 15 is 0 Å². The van der Waals surface area contributed by atoms with Gasteiger partial charge < -0.3 is 9.47 Å². The van der Waals surface area contributed by atoms with Gasteiger partial charge in [-0.3, -0.25) is 9.59 Å². The van der Waals surface area contributed by atoms with Gasteiger partial charge in [0.2, 0.25) is 0 Å². The Kier molecular flexibility index (Phi) is 8.97. The zero-order valence-corrected chi connectivity index (χ0v) is 11.7. The first-order valence-corrected chi connectivity index (χ1v) is 6.37. The molecule has 0 aromatic rings. The van der Waals surface area contributed by atoms with Crippen LogP contribution < -0.4 is 0 Å². The molecule has 0 saturated carbocycles. The van der Waals surface area contributed by atoms with E-state index < -0.39 is 0 Å². The molecule has 18 heavy (non-hydrogen) atoms. The summed E-state index contributed by atoms with van der Waals surface area (Å²) in [5.41, 5.74) is 0.986. The molecule has 0 spiro atoms. The lowest BCUT2D eigenvalue weighted by Crippen LogP contribution is -2.11. The summed E-state index contributed by atoms with van der Waals surface area (Å²) in [4.78, 5) is 22.5. The Morgan fingerprint density at radius 3 is 2.11 bits per heavy atom. The van der Waals surface area contributed by atoms with Gasteiger partial charge in [-0.15, -0.1) is 6.58 Å². The Morgan fingerprint density at radius 2 is 1.61 bits per heavy atom. The van der Waals surface area contributed by atoms with Crippen LogP contribution in [0.1, 0.15) is 46.5 Å². The van der Waals surface area contributed by atoms with Crippen LogP contribution in [-0.2, 0) is 19.1 Å². The van der Waals surface area contributed by atoms with Gasteiger partial charge in [0.05, 0.1) is 13.2 Å². The molecule has 0 aliphatic heterocycles. The van der Waals surface area contributed by atoms with Gasteiger partial charge in [-0.25, -0.2) is 0 Å². The van der Waals surface area contributed by atoms with Crippen molar-refractivity contribution < 1.29 is 19.1 Å². The van der Waals surface area contributed by atoms with Gasteiger partial charge in [-0.2, -0.15) is 0 Å². The second-order valence-corrected chi connectivity index (χ2v) is 4.86. The highest BCUT2D eigenvalue weighted by molar-refractivity contribution is 5.72. The lowest BCUT2D eigenvalue weighted by atomic mass is 10.2. The van der Waals surface area contributed by atoms with Crippen LogP contribution in [0, 0.1) is 5.92 Å². The summed E-state index contributed by atoms with van der Waals surface area (Å²) in [5, 5.41) is 0. The largest absolute Gasteiger partial charge is 0.465 e. The summed E-state index contributed by atoms with van der Waals surface area (Å²) in [5.74, 6) is -0.188. The molecule has 4 nitrogen and oxygen atoms in total. The second kappa shape index (κ2) is 9.68. The van der Waals surface area contributed by atoms with E-state index in [0.717, 1.165) is 5.57 Å². The predicted octanol–water partition coefficient (Wildman–Crippen LogP) is 2.87. The highest BCUT2D eigenvalue weighted by Crippen LogP contribution is 2.03. The fraction of sp³-hybridized carbons (Fsp3) is 0.714. The van der Waals surface area contributed by atoms with Gasteiger partial charge in [-0.05, 0) is 19.3 Å². The minimum absolute atomic E-state index is 0.251. The zero-order valence-electron chi connectivity index (χ0n) is 11.7. The van der Waals surface area contributed by atoms with Crippen molar-refractivity contribution in [2.45, 2.75) is 46.5 Å². The first-order chi connectivity index (χ1) is 8.41. The molecule has 0 aromatic heterocycles. The Bertz CT molecular complexity index is 282. The van der Waals surface area contributed by atoms with Crippen molar-refractivity contribution in [1.29, 1.82) is 0 Å². The van der Waals surface area contributed by atoms with Crippen LogP contribution in [0.2, 0.25) is 0 Å². The molecule has 104 valence electrons. The Balaban J connectivity index is 3.50. The third kappa shape index (κ3) is 11.2. The van der Waals surface area contributed by atoms with Gasteiger partial charge >= 0.3 is 11.9 Å². The van der Waals surface area contributed by atoms with E-state index in [2.05, 4.69) is 6.58 Å². The molecule has 0 saturated heterocycles. The van der Waals surface area contributed by atoms with Gasteiger partial charge in [0, 0.05) is 19.3 Å². The van der Waals surface area contributed by atoms with Crippen LogP contribution in [0.5, 0.6) is 0 Å². The van der Waals surface area contributed by atoms with E-state index in [1.165, 1.54) is 0 Å². The first kappa shape index (κ1) is 16.7. The number of hydrogen-bond donors (Lipinski definition) is 0.